The number of ether oxygens (including phenoxy) is 2. The highest BCUT2D eigenvalue weighted by molar-refractivity contribution is 5.53. The average Bonchev–Trinajstić information content (AvgIpc) is 2.26. The van der Waals surface area contributed by atoms with Gasteiger partial charge in [0.25, 0.3) is 0 Å². The van der Waals surface area contributed by atoms with Crippen LogP contribution in [0.3, 0.4) is 0 Å². The Balaban J connectivity index is 3.61. The van der Waals surface area contributed by atoms with Gasteiger partial charge in [-0.1, -0.05) is 47.6 Å². The van der Waals surface area contributed by atoms with E-state index in [0.717, 1.165) is 11.5 Å². The van der Waals surface area contributed by atoms with Crippen molar-refractivity contribution in [3.05, 3.63) is 23.3 Å². The summed E-state index contributed by atoms with van der Waals surface area (Å²) in [6.45, 7) is 21.6. The first-order valence-electron chi connectivity index (χ1n) is 8.34. The van der Waals surface area contributed by atoms with Gasteiger partial charge in [0.2, 0.25) is 0 Å². The Kier molecular flexibility index (Phi) is 5.59. The first-order valence-corrected chi connectivity index (χ1v) is 8.34. The van der Waals surface area contributed by atoms with Gasteiger partial charge in [-0.15, -0.1) is 0 Å². The van der Waals surface area contributed by atoms with Crippen molar-refractivity contribution in [3.63, 3.8) is 0 Å². The topological polar surface area (TPSA) is 18.5 Å². The zero-order chi connectivity index (χ0) is 17.3. The van der Waals surface area contributed by atoms with Gasteiger partial charge >= 0.3 is 0 Å². The normalized spacial score (nSPS) is 12.9. The highest BCUT2D eigenvalue weighted by Gasteiger charge is 2.27. The molecular weight excluding hydrogens is 272 g/mol. The molecule has 0 heterocycles. The van der Waals surface area contributed by atoms with Crippen molar-refractivity contribution in [2.24, 2.45) is 0 Å². The highest BCUT2D eigenvalue weighted by Crippen LogP contribution is 2.43. The molecule has 0 radical (unpaired) electrons. The molecule has 0 saturated heterocycles. The molecule has 0 aliphatic heterocycles. The third kappa shape index (κ3) is 4.93. The van der Waals surface area contributed by atoms with Gasteiger partial charge in [0.1, 0.15) is 0 Å². The minimum Gasteiger partial charge on any atom is -0.487 e. The Bertz CT molecular complexity index is 500. The van der Waals surface area contributed by atoms with Crippen molar-refractivity contribution in [2.75, 3.05) is 0 Å². The highest BCUT2D eigenvalue weighted by atomic mass is 16.5. The van der Waals surface area contributed by atoms with E-state index >= 15 is 0 Å². The summed E-state index contributed by atoms with van der Waals surface area (Å²) < 4.78 is 12.2. The van der Waals surface area contributed by atoms with Crippen molar-refractivity contribution in [1.82, 2.24) is 0 Å². The predicted molar refractivity (Wildman–Crippen MR) is 95.4 cm³/mol. The smallest absolute Gasteiger partial charge is 0.165 e. The van der Waals surface area contributed by atoms with E-state index in [4.69, 9.17) is 9.47 Å². The maximum Gasteiger partial charge on any atom is 0.165 e. The zero-order valence-electron chi connectivity index (χ0n) is 16.1. The van der Waals surface area contributed by atoms with E-state index in [0.29, 0.717) is 0 Å². The van der Waals surface area contributed by atoms with Crippen LogP contribution in [0.2, 0.25) is 0 Å². The van der Waals surface area contributed by atoms with Crippen molar-refractivity contribution in [1.29, 1.82) is 0 Å². The van der Waals surface area contributed by atoms with Gasteiger partial charge in [-0.25, -0.2) is 0 Å². The molecule has 0 saturated carbocycles. The lowest BCUT2D eigenvalue weighted by atomic mass is 9.80. The second-order valence-corrected chi connectivity index (χ2v) is 8.68. The Morgan fingerprint density at radius 3 is 1.59 bits per heavy atom. The van der Waals surface area contributed by atoms with Crippen LogP contribution in [-0.2, 0) is 10.8 Å². The lowest BCUT2D eigenvalue weighted by molar-refractivity contribution is 0.194. The quantitative estimate of drug-likeness (QED) is 0.694. The van der Waals surface area contributed by atoms with E-state index in [1.54, 1.807) is 0 Å². The molecule has 0 aliphatic carbocycles. The van der Waals surface area contributed by atoms with Crippen LogP contribution in [0, 0.1) is 0 Å². The first-order chi connectivity index (χ1) is 9.82. The second kappa shape index (κ2) is 6.52. The maximum atomic E-state index is 6.15. The summed E-state index contributed by atoms with van der Waals surface area (Å²) >= 11 is 0. The van der Waals surface area contributed by atoms with E-state index in [9.17, 15) is 0 Å². The molecule has 1 rings (SSSR count). The molecule has 0 atom stereocenters. The van der Waals surface area contributed by atoms with Gasteiger partial charge in [-0.05, 0) is 50.2 Å². The van der Waals surface area contributed by atoms with Gasteiger partial charge in [0.15, 0.2) is 11.5 Å². The lowest BCUT2D eigenvalue weighted by Crippen LogP contribution is -2.21. The average molecular weight is 306 g/mol. The predicted octanol–water partition coefficient (Wildman–Crippen LogP) is 5.86. The number of rotatable bonds is 4. The largest absolute Gasteiger partial charge is 0.487 e. The Hall–Kier alpha value is -1.18. The van der Waals surface area contributed by atoms with Crippen molar-refractivity contribution in [3.8, 4) is 11.5 Å². The molecule has 22 heavy (non-hydrogen) atoms. The Morgan fingerprint density at radius 2 is 1.23 bits per heavy atom. The fraction of sp³-hybridized carbons (Fsp3) is 0.700. The van der Waals surface area contributed by atoms with E-state index in [1.165, 1.54) is 11.1 Å². The number of hydrogen-bond acceptors (Lipinski definition) is 2. The number of hydrogen-bond donors (Lipinski definition) is 0. The Labute approximate surface area is 137 Å². The van der Waals surface area contributed by atoms with Crippen LogP contribution in [0.15, 0.2) is 12.1 Å². The van der Waals surface area contributed by atoms with Crippen LogP contribution >= 0.6 is 0 Å². The molecule has 0 spiro atoms. The Morgan fingerprint density at radius 1 is 0.727 bits per heavy atom. The zero-order valence-corrected chi connectivity index (χ0v) is 16.1. The molecule has 0 aromatic heterocycles. The van der Waals surface area contributed by atoms with Crippen LogP contribution < -0.4 is 9.47 Å². The van der Waals surface area contributed by atoms with Crippen LogP contribution in [0.1, 0.15) is 80.4 Å². The van der Waals surface area contributed by atoms with Gasteiger partial charge in [0.05, 0.1) is 12.2 Å². The minimum absolute atomic E-state index is 0.000568. The third-order valence-corrected chi connectivity index (χ3v) is 3.45. The summed E-state index contributed by atoms with van der Waals surface area (Å²) in [5.74, 6) is 1.75. The molecule has 0 N–H and O–H groups in total. The van der Waals surface area contributed by atoms with Gasteiger partial charge in [-0.3, -0.25) is 0 Å². The van der Waals surface area contributed by atoms with Crippen LogP contribution in [0.5, 0.6) is 11.5 Å². The molecule has 1 aromatic carbocycles. The SMILES string of the molecule is CC(C)Oc1cc(C(C)(C)C)cc(C(C)(C)C)c1OC(C)C. The van der Waals surface area contributed by atoms with E-state index in [2.05, 4.69) is 81.4 Å². The molecule has 2 nitrogen and oxygen atoms in total. The van der Waals surface area contributed by atoms with Crippen LogP contribution in [0.25, 0.3) is 0 Å². The molecule has 0 bridgehead atoms. The molecule has 126 valence electrons. The summed E-state index contributed by atoms with van der Waals surface area (Å²) in [6, 6.07) is 4.43. The summed E-state index contributed by atoms with van der Waals surface area (Å²) in [5.41, 5.74) is 2.57. The standard InChI is InChI=1S/C20H34O2/c1-13(2)21-17-12-15(19(5,6)7)11-16(20(8,9)10)18(17)22-14(3)4/h11-14H,1-10H3. The van der Waals surface area contributed by atoms with Crippen LogP contribution in [0.4, 0.5) is 0 Å². The lowest BCUT2D eigenvalue weighted by Gasteiger charge is -2.30. The molecule has 0 fully saturated rings. The van der Waals surface area contributed by atoms with Crippen LogP contribution in [-0.4, -0.2) is 12.2 Å². The molecule has 0 unspecified atom stereocenters. The molecule has 2 heteroatoms. The summed E-state index contributed by atoms with van der Waals surface area (Å²) in [6.07, 6.45) is 0.244. The third-order valence-electron chi connectivity index (χ3n) is 3.45. The molecule has 0 aliphatic rings. The van der Waals surface area contributed by atoms with Crippen molar-refractivity contribution < 1.29 is 9.47 Å². The summed E-state index contributed by atoms with van der Waals surface area (Å²) in [7, 11) is 0. The van der Waals surface area contributed by atoms with Gasteiger partial charge < -0.3 is 9.47 Å². The fourth-order valence-corrected chi connectivity index (χ4v) is 2.29. The van der Waals surface area contributed by atoms with E-state index < -0.39 is 0 Å². The number of benzene rings is 1. The van der Waals surface area contributed by atoms with Crippen molar-refractivity contribution in [2.45, 2.75) is 92.3 Å². The second-order valence-electron chi connectivity index (χ2n) is 8.68. The van der Waals surface area contributed by atoms with Gasteiger partial charge in [-0.2, -0.15) is 0 Å². The molecule has 1 aromatic rings. The van der Waals surface area contributed by atoms with Crippen molar-refractivity contribution >= 4 is 0 Å². The fourth-order valence-electron chi connectivity index (χ4n) is 2.29. The molecular formula is C20H34O2. The maximum absolute atomic E-state index is 6.15. The van der Waals surface area contributed by atoms with E-state index in [-0.39, 0.29) is 23.0 Å². The van der Waals surface area contributed by atoms with E-state index in [1.807, 2.05) is 0 Å². The minimum atomic E-state index is 0.000568. The first kappa shape index (κ1) is 18.9. The van der Waals surface area contributed by atoms with Gasteiger partial charge in [0, 0.05) is 5.56 Å². The molecule has 0 amide bonds. The monoisotopic (exact) mass is 306 g/mol. The summed E-state index contributed by atoms with van der Waals surface area (Å²) in [4.78, 5) is 0. The summed E-state index contributed by atoms with van der Waals surface area (Å²) in [5, 5.41) is 0.